The van der Waals surface area contributed by atoms with E-state index in [4.69, 9.17) is 0 Å². The Hall–Kier alpha value is 1.08. The molecule has 16 heavy (non-hydrogen) atoms. The molecular weight excluding hydrogens is 319 g/mol. The monoisotopic (exact) mass is 321 g/mol. The zero-order chi connectivity index (χ0) is 12.7. The molecule has 0 heterocycles. The van der Waals surface area contributed by atoms with Crippen molar-refractivity contribution >= 4 is 71.8 Å². The fourth-order valence-corrected chi connectivity index (χ4v) is 2.11. The van der Waals surface area contributed by atoms with Gasteiger partial charge in [-0.3, -0.25) is 0 Å². The Morgan fingerprint density at radius 3 is 1.38 bits per heavy atom. The standard InChI is InChI=1S/C2HF6NO4S2.K.H/c3-1(4,5)2(6,7)14(10,11)9-15(8,12)13;;/h9H;;. The molecule has 0 aromatic heterocycles. The van der Waals surface area contributed by atoms with Gasteiger partial charge in [0.2, 0.25) is 0 Å². The first-order chi connectivity index (χ1) is 6.21. The minimum absolute atomic E-state index is 0. The molecule has 0 aliphatic rings. The first-order valence-corrected chi connectivity index (χ1v) is 5.49. The molecule has 1 N–H and O–H groups in total. The molecule has 14 heteroatoms. The molecule has 0 rings (SSSR count). The van der Waals surface area contributed by atoms with Gasteiger partial charge in [-0.1, -0.05) is 8.01 Å². The zero-order valence-electron chi connectivity index (χ0n) is 6.22. The SMILES string of the molecule is O=S(=O)(F)NS(=O)(=O)C(F)(F)C(F)(F)F.[KH]. The molecule has 0 bridgehead atoms. The fraction of sp³-hybridized carbons (Fsp3) is 1.00. The first-order valence-electron chi connectivity index (χ1n) is 2.63. The van der Waals surface area contributed by atoms with E-state index in [1.165, 1.54) is 0 Å². The van der Waals surface area contributed by atoms with Crippen molar-refractivity contribution in [2.75, 3.05) is 0 Å². The molecule has 0 spiro atoms. The van der Waals surface area contributed by atoms with Crippen molar-refractivity contribution in [3.05, 3.63) is 0 Å². The molecule has 0 unspecified atom stereocenters. The Morgan fingerprint density at radius 2 is 1.19 bits per heavy atom. The third-order valence-electron chi connectivity index (χ3n) is 0.877. The molecule has 0 fully saturated rings. The van der Waals surface area contributed by atoms with Crippen molar-refractivity contribution in [2.45, 2.75) is 11.4 Å². The number of sulfonamides is 1. The molecule has 0 saturated carbocycles. The van der Waals surface area contributed by atoms with Gasteiger partial charge in [-0.15, -0.1) is 0 Å². The van der Waals surface area contributed by atoms with Gasteiger partial charge in [0.1, 0.15) is 0 Å². The van der Waals surface area contributed by atoms with Gasteiger partial charge in [-0.05, 0) is 0 Å². The topological polar surface area (TPSA) is 80.3 Å². The van der Waals surface area contributed by atoms with Crippen LogP contribution in [0.1, 0.15) is 0 Å². The summed E-state index contributed by atoms with van der Waals surface area (Å²) >= 11 is 0. The average molecular weight is 321 g/mol. The molecule has 0 radical (unpaired) electrons. The summed E-state index contributed by atoms with van der Waals surface area (Å²) < 4.78 is 109. The molecule has 0 aliphatic carbocycles. The van der Waals surface area contributed by atoms with Gasteiger partial charge in [0.25, 0.3) is 0 Å². The average Bonchev–Trinajstić information content (AvgIpc) is 1.77. The van der Waals surface area contributed by atoms with Gasteiger partial charge in [-0.2, -0.15) is 30.4 Å². The normalized spacial score (nSPS) is 14.4. The van der Waals surface area contributed by atoms with Crippen LogP contribution in [-0.2, 0) is 20.4 Å². The summed E-state index contributed by atoms with van der Waals surface area (Å²) in [5, 5.41) is -6.42. The molecule has 0 aliphatic heterocycles. The summed E-state index contributed by atoms with van der Waals surface area (Å²) in [6, 6.07) is 0. The number of alkyl halides is 5. The molecule has 0 atom stereocenters. The number of halogens is 6. The second-order valence-electron chi connectivity index (χ2n) is 2.04. The fourth-order valence-electron chi connectivity index (χ4n) is 0.336. The predicted octanol–water partition coefficient (Wildman–Crippen LogP) is -0.373. The molecule has 5 nitrogen and oxygen atoms in total. The molecular formula is C2H2F6KNO4S2. The summed E-state index contributed by atoms with van der Waals surface area (Å²) in [6.07, 6.45) is -6.57. The summed E-state index contributed by atoms with van der Waals surface area (Å²) in [4.78, 5) is 0. The number of nitrogens with one attached hydrogen (secondary N) is 1. The van der Waals surface area contributed by atoms with Gasteiger partial charge in [0.15, 0.2) is 0 Å². The Bertz CT molecular complexity index is 438. The van der Waals surface area contributed by atoms with Gasteiger partial charge < -0.3 is 0 Å². The van der Waals surface area contributed by atoms with Crippen molar-refractivity contribution in [3.8, 4) is 0 Å². The summed E-state index contributed by atoms with van der Waals surface area (Å²) in [6.45, 7) is 0. The van der Waals surface area contributed by atoms with E-state index in [1.54, 1.807) is 0 Å². The number of hydrogen-bond donors (Lipinski definition) is 1. The van der Waals surface area contributed by atoms with Gasteiger partial charge in [-0.25, -0.2) is 8.42 Å². The van der Waals surface area contributed by atoms with Crippen molar-refractivity contribution in [1.29, 1.82) is 0 Å². The number of rotatable bonds is 3. The van der Waals surface area contributed by atoms with Crippen molar-refractivity contribution < 1.29 is 42.7 Å². The Morgan fingerprint density at radius 1 is 0.875 bits per heavy atom. The predicted molar refractivity (Wildman–Crippen MR) is 40.2 cm³/mol. The second-order valence-corrected chi connectivity index (χ2v) is 5.10. The van der Waals surface area contributed by atoms with E-state index in [9.17, 15) is 42.7 Å². The summed E-state index contributed by atoms with van der Waals surface area (Å²) in [5.74, 6) is 0. The Labute approximate surface area is 128 Å². The Kier molecular flexibility index (Phi) is 6.52. The van der Waals surface area contributed by atoms with Crippen LogP contribution in [0.15, 0.2) is 0 Å². The van der Waals surface area contributed by atoms with Crippen molar-refractivity contribution in [2.24, 2.45) is 0 Å². The van der Waals surface area contributed by atoms with E-state index in [2.05, 4.69) is 0 Å². The van der Waals surface area contributed by atoms with Crippen LogP contribution in [0.3, 0.4) is 0 Å². The van der Waals surface area contributed by atoms with Gasteiger partial charge >= 0.3 is 83.2 Å². The molecule has 94 valence electrons. The molecule has 0 aromatic carbocycles. The van der Waals surface area contributed by atoms with Crippen LogP contribution < -0.4 is 4.13 Å². The van der Waals surface area contributed by atoms with Crippen LogP contribution in [0.5, 0.6) is 0 Å². The third kappa shape index (κ3) is 4.75. The van der Waals surface area contributed by atoms with Crippen LogP contribution in [0.25, 0.3) is 0 Å². The Balaban J connectivity index is 0. The second kappa shape index (κ2) is 5.37. The maximum absolute atomic E-state index is 12.0. The maximum atomic E-state index is 12.0. The third-order valence-corrected chi connectivity index (χ3v) is 3.46. The van der Waals surface area contributed by atoms with Crippen molar-refractivity contribution in [1.82, 2.24) is 4.13 Å². The van der Waals surface area contributed by atoms with Crippen LogP contribution >= 0.6 is 0 Å². The van der Waals surface area contributed by atoms with E-state index in [0.717, 1.165) is 0 Å². The van der Waals surface area contributed by atoms with E-state index in [1.807, 2.05) is 0 Å². The quantitative estimate of drug-likeness (QED) is 0.437. The van der Waals surface area contributed by atoms with Gasteiger partial charge in [0, 0.05) is 0 Å². The summed E-state index contributed by atoms with van der Waals surface area (Å²) in [5.41, 5.74) is 0. The summed E-state index contributed by atoms with van der Waals surface area (Å²) in [7, 11) is -13.0. The van der Waals surface area contributed by atoms with Crippen LogP contribution in [0.2, 0.25) is 0 Å². The first kappa shape index (κ1) is 19.4. The van der Waals surface area contributed by atoms with Crippen LogP contribution in [-0.4, -0.2) is 79.7 Å². The molecule has 0 saturated heterocycles. The van der Waals surface area contributed by atoms with E-state index in [-0.39, 0.29) is 51.4 Å². The van der Waals surface area contributed by atoms with Gasteiger partial charge in [0.05, 0.1) is 0 Å². The number of hydrogen-bond acceptors (Lipinski definition) is 4. The van der Waals surface area contributed by atoms with Crippen molar-refractivity contribution in [3.63, 3.8) is 0 Å². The molecule has 0 aromatic rings. The minimum atomic E-state index is -6.75. The molecule has 0 amide bonds. The van der Waals surface area contributed by atoms with Crippen LogP contribution in [0.4, 0.5) is 25.8 Å². The van der Waals surface area contributed by atoms with E-state index >= 15 is 0 Å². The zero-order valence-corrected chi connectivity index (χ0v) is 7.85. The van der Waals surface area contributed by atoms with E-state index < -0.39 is 36.0 Å². The van der Waals surface area contributed by atoms with Crippen LogP contribution in [0, 0.1) is 0 Å². The van der Waals surface area contributed by atoms with E-state index in [0.29, 0.717) is 0 Å².